The molecule has 1 heterocycles. The van der Waals surface area contributed by atoms with Gasteiger partial charge in [0.2, 0.25) is 0 Å². The van der Waals surface area contributed by atoms with E-state index in [2.05, 4.69) is 16.7 Å². The van der Waals surface area contributed by atoms with Gasteiger partial charge >= 0.3 is 0 Å². The lowest BCUT2D eigenvalue weighted by atomic mass is 10.1. The fourth-order valence-corrected chi connectivity index (χ4v) is 5.17. The fourth-order valence-electron chi connectivity index (χ4n) is 3.31. The van der Waals surface area contributed by atoms with Gasteiger partial charge in [0.25, 0.3) is 5.91 Å². The van der Waals surface area contributed by atoms with Crippen molar-refractivity contribution in [2.24, 2.45) is 0 Å². The number of hydrogen-bond acceptors (Lipinski definition) is 4. The first kappa shape index (κ1) is 19.9. The van der Waals surface area contributed by atoms with E-state index in [0.717, 1.165) is 45.2 Å². The van der Waals surface area contributed by atoms with Gasteiger partial charge in [0.1, 0.15) is 0 Å². The molecule has 25 heavy (non-hydrogen) atoms. The molecule has 1 amide bonds. The average Bonchev–Trinajstić information content (AvgIpc) is 3.16. The SMILES string of the molecule is Cl.O=C(NCC1=CCNCC1)c1ccc(S(=O)(=O)C2CCCC2)cc1. The number of hydrogen-bond donors (Lipinski definition) is 2. The number of carbonyl (C=O) groups is 1. The van der Waals surface area contributed by atoms with E-state index in [1.165, 1.54) is 5.57 Å². The summed E-state index contributed by atoms with van der Waals surface area (Å²) in [6.07, 6.45) is 6.49. The van der Waals surface area contributed by atoms with Crippen molar-refractivity contribution in [3.05, 3.63) is 41.5 Å². The zero-order valence-corrected chi connectivity index (χ0v) is 15.8. The van der Waals surface area contributed by atoms with Crippen LogP contribution in [-0.4, -0.2) is 39.2 Å². The highest BCUT2D eigenvalue weighted by molar-refractivity contribution is 7.92. The van der Waals surface area contributed by atoms with E-state index in [1.807, 2.05) is 0 Å². The Morgan fingerprint density at radius 1 is 1.16 bits per heavy atom. The van der Waals surface area contributed by atoms with Crippen molar-refractivity contribution >= 4 is 28.2 Å². The lowest BCUT2D eigenvalue weighted by Gasteiger charge is -2.15. The van der Waals surface area contributed by atoms with Crippen LogP contribution in [0.5, 0.6) is 0 Å². The van der Waals surface area contributed by atoms with Crippen LogP contribution in [-0.2, 0) is 9.84 Å². The summed E-state index contributed by atoms with van der Waals surface area (Å²) >= 11 is 0. The molecule has 2 N–H and O–H groups in total. The third-order valence-electron chi connectivity index (χ3n) is 4.82. The molecular formula is C18H25ClN2O3S. The number of sulfone groups is 1. The van der Waals surface area contributed by atoms with E-state index in [-0.39, 0.29) is 23.6 Å². The molecule has 1 aliphatic carbocycles. The largest absolute Gasteiger partial charge is 0.348 e. The number of nitrogens with one attached hydrogen (secondary N) is 2. The number of carbonyl (C=O) groups excluding carboxylic acids is 1. The van der Waals surface area contributed by atoms with Crippen LogP contribution in [0.2, 0.25) is 0 Å². The molecule has 0 aromatic heterocycles. The van der Waals surface area contributed by atoms with Gasteiger partial charge in [0.05, 0.1) is 10.1 Å². The topological polar surface area (TPSA) is 75.3 Å². The first-order chi connectivity index (χ1) is 11.6. The van der Waals surface area contributed by atoms with Crippen LogP contribution in [0.1, 0.15) is 42.5 Å². The molecule has 138 valence electrons. The van der Waals surface area contributed by atoms with Gasteiger partial charge in [-0.25, -0.2) is 8.42 Å². The maximum Gasteiger partial charge on any atom is 0.251 e. The molecule has 1 saturated carbocycles. The predicted octanol–water partition coefficient (Wildman–Crippen LogP) is 2.47. The second-order valence-electron chi connectivity index (χ2n) is 6.48. The Morgan fingerprint density at radius 2 is 1.84 bits per heavy atom. The van der Waals surface area contributed by atoms with Crippen LogP contribution in [0.25, 0.3) is 0 Å². The Balaban J connectivity index is 0.00000225. The molecule has 0 radical (unpaired) electrons. The smallest absolute Gasteiger partial charge is 0.251 e. The lowest BCUT2D eigenvalue weighted by Crippen LogP contribution is -2.29. The molecule has 7 heteroatoms. The summed E-state index contributed by atoms with van der Waals surface area (Å²) in [5.74, 6) is -0.167. The minimum Gasteiger partial charge on any atom is -0.348 e. The Kier molecular flexibility index (Phi) is 7.04. The fraction of sp³-hybridized carbons (Fsp3) is 0.500. The van der Waals surface area contributed by atoms with Crippen LogP contribution < -0.4 is 10.6 Å². The minimum absolute atomic E-state index is 0. The van der Waals surface area contributed by atoms with E-state index in [0.29, 0.717) is 17.0 Å². The van der Waals surface area contributed by atoms with E-state index in [1.54, 1.807) is 24.3 Å². The summed E-state index contributed by atoms with van der Waals surface area (Å²) in [4.78, 5) is 12.5. The highest BCUT2D eigenvalue weighted by Gasteiger charge is 2.30. The van der Waals surface area contributed by atoms with Gasteiger partial charge in [-0.3, -0.25) is 4.79 Å². The second kappa shape index (κ2) is 8.83. The van der Waals surface area contributed by atoms with Gasteiger partial charge in [-0.1, -0.05) is 24.5 Å². The standard InChI is InChI=1S/C18H24N2O3S.ClH/c21-18(20-13-14-9-11-19-12-10-14)15-5-7-17(8-6-15)24(22,23)16-3-1-2-4-16;/h5-9,16,19H,1-4,10-13H2,(H,20,21);1H. The van der Waals surface area contributed by atoms with Gasteiger partial charge < -0.3 is 10.6 Å². The maximum absolute atomic E-state index is 12.5. The summed E-state index contributed by atoms with van der Waals surface area (Å²) in [6.45, 7) is 2.33. The molecular weight excluding hydrogens is 360 g/mol. The number of rotatable bonds is 5. The zero-order chi connectivity index (χ0) is 17.0. The molecule has 5 nitrogen and oxygen atoms in total. The van der Waals surface area contributed by atoms with Crippen molar-refractivity contribution in [3.8, 4) is 0 Å². The summed E-state index contributed by atoms with van der Waals surface area (Å²) < 4.78 is 25.1. The normalized spacial score (nSPS) is 18.3. The molecule has 0 unspecified atom stereocenters. The highest BCUT2D eigenvalue weighted by atomic mass is 35.5. The molecule has 1 aromatic rings. The Labute approximate surface area is 155 Å². The molecule has 0 bridgehead atoms. The second-order valence-corrected chi connectivity index (χ2v) is 8.70. The van der Waals surface area contributed by atoms with Crippen molar-refractivity contribution in [2.45, 2.75) is 42.2 Å². The van der Waals surface area contributed by atoms with E-state index < -0.39 is 9.84 Å². The monoisotopic (exact) mass is 384 g/mol. The summed E-state index contributed by atoms with van der Waals surface area (Å²) in [5.41, 5.74) is 1.72. The zero-order valence-electron chi connectivity index (χ0n) is 14.2. The van der Waals surface area contributed by atoms with Crippen LogP contribution in [0.3, 0.4) is 0 Å². The van der Waals surface area contributed by atoms with Crippen molar-refractivity contribution in [2.75, 3.05) is 19.6 Å². The van der Waals surface area contributed by atoms with Crippen molar-refractivity contribution in [1.29, 1.82) is 0 Å². The van der Waals surface area contributed by atoms with Gasteiger partial charge in [0.15, 0.2) is 9.84 Å². The van der Waals surface area contributed by atoms with Crippen molar-refractivity contribution in [1.82, 2.24) is 10.6 Å². The number of amides is 1. The predicted molar refractivity (Wildman–Crippen MR) is 101 cm³/mol. The lowest BCUT2D eigenvalue weighted by molar-refractivity contribution is 0.0956. The molecule has 2 aliphatic rings. The molecule has 0 saturated heterocycles. The molecule has 0 spiro atoms. The molecule has 1 aromatic carbocycles. The minimum atomic E-state index is -3.26. The summed E-state index contributed by atoms with van der Waals surface area (Å²) in [7, 11) is -3.26. The van der Waals surface area contributed by atoms with Crippen LogP contribution in [0.4, 0.5) is 0 Å². The van der Waals surface area contributed by atoms with Gasteiger partial charge in [0, 0.05) is 18.7 Å². The summed E-state index contributed by atoms with van der Waals surface area (Å²) in [6, 6.07) is 6.33. The molecule has 1 aliphatic heterocycles. The average molecular weight is 385 g/mol. The van der Waals surface area contributed by atoms with Gasteiger partial charge in [-0.2, -0.15) is 0 Å². The third-order valence-corrected chi connectivity index (χ3v) is 7.10. The van der Waals surface area contributed by atoms with Gasteiger partial charge in [-0.15, -0.1) is 12.4 Å². The number of halogens is 1. The van der Waals surface area contributed by atoms with Crippen molar-refractivity contribution < 1.29 is 13.2 Å². The molecule has 1 fully saturated rings. The van der Waals surface area contributed by atoms with E-state index >= 15 is 0 Å². The first-order valence-corrected chi connectivity index (χ1v) is 10.1. The molecule has 0 atom stereocenters. The van der Waals surface area contributed by atoms with Crippen LogP contribution in [0.15, 0.2) is 40.8 Å². The maximum atomic E-state index is 12.5. The molecule has 3 rings (SSSR count). The Morgan fingerprint density at radius 3 is 2.44 bits per heavy atom. The highest BCUT2D eigenvalue weighted by Crippen LogP contribution is 2.29. The third kappa shape index (κ3) is 4.84. The van der Waals surface area contributed by atoms with Gasteiger partial charge in [-0.05, 0) is 50.1 Å². The van der Waals surface area contributed by atoms with Crippen LogP contribution in [0, 0.1) is 0 Å². The quantitative estimate of drug-likeness (QED) is 0.765. The van der Waals surface area contributed by atoms with E-state index in [4.69, 9.17) is 0 Å². The van der Waals surface area contributed by atoms with Crippen LogP contribution >= 0.6 is 12.4 Å². The Hall–Kier alpha value is -1.37. The number of benzene rings is 1. The van der Waals surface area contributed by atoms with E-state index in [9.17, 15) is 13.2 Å². The van der Waals surface area contributed by atoms with Crippen molar-refractivity contribution in [3.63, 3.8) is 0 Å². The first-order valence-electron chi connectivity index (χ1n) is 8.58. The Bertz CT molecular complexity index is 723. The summed E-state index contributed by atoms with van der Waals surface area (Å²) in [5, 5.41) is 5.87.